The lowest BCUT2D eigenvalue weighted by Crippen LogP contribution is -2.23. The van der Waals surface area contributed by atoms with Crippen LogP contribution in [-0.4, -0.2) is 82.7 Å². The predicted molar refractivity (Wildman–Crippen MR) is 574 cm³/mol. The van der Waals surface area contributed by atoms with Crippen LogP contribution in [0.25, 0.3) is 0 Å². The number of thiocarbonyl (C=S) groups is 3. The molecule has 28 heteroatoms. The normalized spacial score (nSPS) is 10.3. The van der Waals surface area contributed by atoms with Gasteiger partial charge >= 0.3 is 18.3 Å². The lowest BCUT2D eigenvalue weighted by Gasteiger charge is -2.17. The second-order valence-corrected chi connectivity index (χ2v) is 34.9. The largest absolute Gasteiger partial charge is 0.493 e. The summed E-state index contributed by atoms with van der Waals surface area (Å²) < 4.78 is 88.1. The maximum absolute atomic E-state index is 14.1. The minimum absolute atomic E-state index is 0.0671. The Morgan fingerprint density at radius 1 is 0.264 bits per heavy atom. The van der Waals surface area contributed by atoms with Crippen LogP contribution < -0.4 is 93.5 Å². The first-order valence-electron chi connectivity index (χ1n) is 45.5. The van der Waals surface area contributed by atoms with Crippen molar-refractivity contribution in [3.63, 3.8) is 0 Å². The van der Waals surface area contributed by atoms with E-state index in [0.717, 1.165) is 107 Å². The summed E-state index contributed by atoms with van der Waals surface area (Å²) in [6.45, 7) is 43.1. The van der Waals surface area contributed by atoms with Gasteiger partial charge in [0, 0.05) is 64.7 Å². The fraction of sp³-hybridized carbons (Fsp3) is 0.304. The molecular weight excluding hydrogens is 1870 g/mol. The fourth-order valence-electron chi connectivity index (χ4n) is 13.7. The van der Waals surface area contributed by atoms with Crippen molar-refractivity contribution in [1.82, 2.24) is 31.9 Å². The molecule has 0 saturated heterocycles. The first kappa shape index (κ1) is 114. The number of halogens is 2. The number of amides is 3. The number of hydrogen-bond donors (Lipinski definition) is 7. The quantitative estimate of drug-likeness (QED) is 0.0187. The van der Waals surface area contributed by atoms with Crippen LogP contribution in [0.2, 0.25) is 5.02 Å². The van der Waals surface area contributed by atoms with Crippen LogP contribution in [0.1, 0.15) is 152 Å². The number of hydrogen-bond acceptors (Lipinski definition) is 20. The summed E-state index contributed by atoms with van der Waals surface area (Å²) in [5.41, 5.74) is 27.4. The van der Waals surface area contributed by atoms with Crippen molar-refractivity contribution < 1.29 is 80.4 Å². The van der Waals surface area contributed by atoms with Gasteiger partial charge in [-0.25, -0.2) is 18.8 Å². The molecule has 0 radical (unpaired) electrons. The van der Waals surface area contributed by atoms with E-state index >= 15 is 0 Å². The van der Waals surface area contributed by atoms with E-state index in [1.165, 1.54) is 88.4 Å². The Kier molecular flexibility index (Phi) is 46.0. The van der Waals surface area contributed by atoms with E-state index < -0.39 is 18.3 Å². The summed E-state index contributed by atoms with van der Waals surface area (Å²) in [5, 5.41) is 17.0. The second-order valence-electron chi connectivity index (χ2n) is 33.1. The molecule has 0 aromatic heterocycles. The van der Waals surface area contributed by atoms with Crippen molar-refractivity contribution in [2.75, 3.05) is 48.9 Å². The minimum atomic E-state index is -0.530. The van der Waals surface area contributed by atoms with E-state index in [9.17, 15) is 18.8 Å². The monoisotopic (exact) mass is 2000 g/mol. The molecule has 0 saturated carbocycles. The smallest absolute Gasteiger partial charge is 0.412 e. The third-order valence-electron chi connectivity index (χ3n) is 22.7. The van der Waals surface area contributed by atoms with E-state index in [1.54, 1.807) is 57.5 Å². The van der Waals surface area contributed by atoms with Crippen molar-refractivity contribution >= 4 is 94.7 Å². The lowest BCUT2D eigenvalue weighted by atomic mass is 10.1. The standard InChI is InChI=1S/C20H25NO4.C19H23NO3S.C19H23NO3.C18H20ClNO2S.C18H20FNO2S.C18H21NO2S/c1-6-23-17-8-7-9-18(25-20(22)21-5)16(17)12-24-19-11-14(3)13(2)10-15(19)4;1-12-8-14(3)18(9-13(12)2)22-10-16-15(11-24)6-5-7-17(16)23-19(21)20-4;1-12-7-6-8-17(23-19(21)20-5)16(12)11-22-18-10-14(3)13(2)9-15(18)4;2*1-11-8-13(3)17(9-12(11)2)21-10-14-15(19)6-5-7-16(14)22-18(23)20-4;1-12-9-14(3)17(10-13(12)2)20-11-15-7-5-6-8-16(15)21-18(22)19-4/h7-11H,6,12H2,1-5H3,(H,21,22);5-9,24H,10-11H2,1-4H3,(H,20,21);6-10H,11H2,1-5H3,(H,20,21);2*5-9H,10H2,1-4H3,(H,20,23);5-10H,11H2,1-4H3,(H,19,22). The number of aryl methyl sites for hydroxylation is 19. The summed E-state index contributed by atoms with van der Waals surface area (Å²) in [4.78, 5) is 34.6. The zero-order valence-electron chi connectivity index (χ0n) is 85.0. The average molecular weight is 2000 g/mol. The number of benzene rings is 12. The molecule has 3 amide bonds. The molecule has 0 unspecified atom stereocenters. The highest BCUT2D eigenvalue weighted by Crippen LogP contribution is 2.37. The van der Waals surface area contributed by atoms with Gasteiger partial charge in [0.25, 0.3) is 15.5 Å². The Bertz CT molecular complexity index is 6020. The summed E-state index contributed by atoms with van der Waals surface area (Å²) >= 11 is 25.7. The Balaban J connectivity index is 0.000000228. The van der Waals surface area contributed by atoms with E-state index in [4.69, 9.17) is 110 Å². The van der Waals surface area contributed by atoms with Gasteiger partial charge in [-0.1, -0.05) is 109 Å². The molecule has 12 aromatic rings. The predicted octanol–water partition coefficient (Wildman–Crippen LogP) is 25.9. The van der Waals surface area contributed by atoms with Crippen LogP contribution >= 0.6 is 60.9 Å². The molecule has 140 heavy (non-hydrogen) atoms. The zero-order chi connectivity index (χ0) is 103. The van der Waals surface area contributed by atoms with Gasteiger partial charge in [0.05, 0.1) is 28.3 Å². The molecule has 0 spiro atoms. The summed E-state index contributed by atoms with van der Waals surface area (Å²) in [6, 6.07) is 59.1. The van der Waals surface area contributed by atoms with Crippen molar-refractivity contribution in [1.29, 1.82) is 0 Å². The molecule has 0 bridgehead atoms. The highest BCUT2D eigenvalue weighted by molar-refractivity contribution is 7.80. The van der Waals surface area contributed by atoms with Crippen molar-refractivity contribution in [2.24, 2.45) is 0 Å². The van der Waals surface area contributed by atoms with Gasteiger partial charge in [-0.2, -0.15) is 12.6 Å². The van der Waals surface area contributed by atoms with Gasteiger partial charge in [0.15, 0.2) is 0 Å². The third-order valence-corrected chi connectivity index (χ3v) is 24.3. The topological polar surface area (TPSA) is 243 Å². The van der Waals surface area contributed by atoms with Crippen LogP contribution in [0.5, 0.6) is 74.7 Å². The molecule has 0 heterocycles. The van der Waals surface area contributed by atoms with Crippen LogP contribution in [0, 0.1) is 137 Å². The number of rotatable bonds is 27. The first-order chi connectivity index (χ1) is 66.7. The molecule has 12 aromatic carbocycles. The van der Waals surface area contributed by atoms with Crippen LogP contribution in [-0.2, 0) is 45.4 Å². The first-order valence-corrected chi connectivity index (χ1v) is 47.7. The summed E-state index contributed by atoms with van der Waals surface area (Å²) in [5.74, 6) is 8.85. The van der Waals surface area contributed by atoms with Crippen molar-refractivity contribution in [2.45, 2.75) is 184 Å². The number of para-hydroxylation sites is 1. The third kappa shape index (κ3) is 34.6. The van der Waals surface area contributed by atoms with E-state index in [2.05, 4.69) is 163 Å². The Morgan fingerprint density at radius 3 is 0.900 bits per heavy atom. The molecule has 0 aliphatic rings. The molecule has 0 fully saturated rings. The van der Waals surface area contributed by atoms with Gasteiger partial charge in [-0.05, 0) is 377 Å². The Hall–Kier alpha value is -13.3. The van der Waals surface area contributed by atoms with E-state index in [-0.39, 0.29) is 29.4 Å². The molecule has 22 nitrogen and oxygen atoms in total. The molecule has 0 aliphatic carbocycles. The average Bonchev–Trinajstić information content (AvgIpc) is 0.837. The molecule has 744 valence electrons. The van der Waals surface area contributed by atoms with Crippen molar-refractivity contribution in [3.8, 4) is 74.7 Å². The molecule has 12 rings (SSSR count). The Labute approximate surface area is 852 Å². The van der Waals surface area contributed by atoms with E-state index in [1.807, 2.05) is 165 Å². The molecule has 6 N–H and O–H groups in total. The highest BCUT2D eigenvalue weighted by atomic mass is 35.5. The van der Waals surface area contributed by atoms with Crippen LogP contribution in [0.15, 0.2) is 188 Å². The van der Waals surface area contributed by atoms with Gasteiger partial charge in [-0.15, -0.1) is 0 Å². The summed E-state index contributed by atoms with van der Waals surface area (Å²) in [7, 11) is 9.67. The van der Waals surface area contributed by atoms with Gasteiger partial charge in [0.2, 0.25) is 0 Å². The van der Waals surface area contributed by atoms with Gasteiger partial charge in [0.1, 0.15) is 120 Å². The minimum Gasteiger partial charge on any atom is -0.493 e. The second kappa shape index (κ2) is 56.7. The number of thiol groups is 1. The molecule has 0 atom stereocenters. The van der Waals surface area contributed by atoms with E-state index in [0.29, 0.717) is 100 Å². The molecular formula is C112H132ClFN6O16S4. The maximum atomic E-state index is 14.1. The van der Waals surface area contributed by atoms with Gasteiger partial charge < -0.3 is 93.5 Å². The van der Waals surface area contributed by atoms with Crippen LogP contribution in [0.4, 0.5) is 18.8 Å². The fourth-order valence-corrected chi connectivity index (χ4v) is 14.5. The molecule has 0 aliphatic heterocycles. The number of carbonyl (C=O) groups excluding carboxylic acids is 3. The van der Waals surface area contributed by atoms with Crippen molar-refractivity contribution in [3.05, 3.63) is 344 Å². The zero-order valence-corrected chi connectivity index (χ0v) is 89.1. The SMILES string of the molecule is CCOc1cccc(OC(=O)NC)c1COc1cc(C)c(C)cc1C.CNC(=O)Oc1cccc(C)c1COc1cc(C)c(C)cc1C.CNC(=O)Oc1cccc(CS)c1COc1cc(C)c(C)cc1C.CNC(=S)Oc1cccc(Cl)c1COc1cc(C)c(C)cc1C.CNC(=S)Oc1cccc(F)c1COc1cc(C)c(C)cc1C.CNC(=S)Oc1ccccc1COc1cc(C)c(C)cc1C. The number of carbonyl (C=O) groups is 3. The van der Waals surface area contributed by atoms with Crippen LogP contribution in [0.3, 0.4) is 0 Å². The number of nitrogens with one attached hydrogen (secondary N) is 6. The van der Waals surface area contributed by atoms with Gasteiger partial charge in [-0.3, -0.25) is 0 Å². The maximum Gasteiger partial charge on any atom is 0.412 e. The number of ether oxygens (including phenoxy) is 13. The highest BCUT2D eigenvalue weighted by Gasteiger charge is 2.22. The lowest BCUT2D eigenvalue weighted by molar-refractivity contribution is 0.199. The Morgan fingerprint density at radius 2 is 0.529 bits per heavy atom. The summed E-state index contributed by atoms with van der Waals surface area (Å²) in [6.07, 6.45) is -1.52.